The Morgan fingerprint density at radius 3 is 2.37 bits per heavy atom. The zero-order valence-electron chi connectivity index (χ0n) is 23.3. The number of hydrogen-bond donors (Lipinski definition) is 4. The molecule has 6 rings (SSSR count). The zero-order valence-corrected chi connectivity index (χ0v) is 23.3. The van der Waals surface area contributed by atoms with Crippen molar-refractivity contribution in [3.05, 3.63) is 105 Å². The molecular formula is C34H28O9. The Kier molecular flexibility index (Phi) is 6.93. The van der Waals surface area contributed by atoms with Gasteiger partial charge in [0.1, 0.15) is 34.8 Å². The van der Waals surface area contributed by atoms with Crippen LogP contribution >= 0.6 is 0 Å². The minimum absolute atomic E-state index is 0.0103. The first kappa shape index (κ1) is 27.7. The van der Waals surface area contributed by atoms with Crippen molar-refractivity contribution in [2.45, 2.75) is 38.7 Å². The summed E-state index contributed by atoms with van der Waals surface area (Å²) in [5.41, 5.74) is 2.33. The van der Waals surface area contributed by atoms with Crippen molar-refractivity contribution in [2.24, 2.45) is 0 Å². The van der Waals surface area contributed by atoms with Crippen LogP contribution in [-0.2, 0) is 11.4 Å². The van der Waals surface area contributed by atoms with E-state index in [0.29, 0.717) is 29.4 Å². The average molecular weight is 581 g/mol. The molecule has 4 aromatic carbocycles. The van der Waals surface area contributed by atoms with Gasteiger partial charge >= 0.3 is 5.97 Å². The first-order valence-corrected chi connectivity index (χ1v) is 13.7. The van der Waals surface area contributed by atoms with Crippen LogP contribution in [0, 0.1) is 0 Å². The maximum absolute atomic E-state index is 13.3. The SMILES string of the molecule is CC(C)c1ccc(COc2cccc([C@H]3CC(=O)Oc4cc(O)c5c(=O)c(O)c(-c6ccc(O)c(O)c6)oc5c43)c2)cc1. The lowest BCUT2D eigenvalue weighted by molar-refractivity contribution is -0.135. The van der Waals surface area contributed by atoms with Crippen molar-refractivity contribution in [2.75, 3.05) is 0 Å². The smallest absolute Gasteiger partial charge is 0.312 e. The minimum atomic E-state index is -0.916. The summed E-state index contributed by atoms with van der Waals surface area (Å²) in [6.45, 7) is 4.60. The van der Waals surface area contributed by atoms with E-state index in [1.54, 1.807) is 18.2 Å². The number of ether oxygens (including phenoxy) is 2. The van der Waals surface area contributed by atoms with Crippen molar-refractivity contribution in [3.63, 3.8) is 0 Å². The molecule has 0 bridgehead atoms. The van der Waals surface area contributed by atoms with E-state index >= 15 is 0 Å². The van der Waals surface area contributed by atoms with E-state index in [1.165, 1.54) is 17.7 Å². The molecule has 0 amide bonds. The monoisotopic (exact) mass is 580 g/mol. The summed E-state index contributed by atoms with van der Waals surface area (Å²) in [7, 11) is 0. The molecule has 0 unspecified atom stereocenters. The Morgan fingerprint density at radius 2 is 1.65 bits per heavy atom. The van der Waals surface area contributed by atoms with Crippen molar-refractivity contribution < 1.29 is 39.1 Å². The molecule has 0 radical (unpaired) electrons. The maximum Gasteiger partial charge on any atom is 0.312 e. The standard InChI is InChI=1S/C34H28O9/c1-17(2)19-8-6-18(7-9-19)16-41-22-5-3-4-20(12-22)23-14-28(38)42-27-15-26(37)30-31(39)32(40)33(43-34(30)29(23)27)21-10-11-24(35)25(36)13-21/h3-13,15,17,23,35-37,40H,14,16H2,1-2H3/t23-/m1/s1. The molecule has 9 heteroatoms. The van der Waals surface area contributed by atoms with Crippen molar-refractivity contribution >= 4 is 16.9 Å². The highest BCUT2D eigenvalue weighted by Crippen LogP contribution is 2.47. The first-order valence-electron chi connectivity index (χ1n) is 13.7. The third-order valence-corrected chi connectivity index (χ3v) is 7.62. The van der Waals surface area contributed by atoms with Gasteiger partial charge in [-0.1, -0.05) is 50.2 Å². The molecule has 0 saturated carbocycles. The van der Waals surface area contributed by atoms with Crippen LogP contribution in [0.5, 0.6) is 34.5 Å². The number of aromatic hydroxyl groups is 4. The Labute approximate surface area is 245 Å². The molecular weight excluding hydrogens is 552 g/mol. The Balaban J connectivity index is 1.44. The fraction of sp³-hybridized carbons (Fsp3) is 0.176. The molecule has 0 saturated heterocycles. The van der Waals surface area contributed by atoms with E-state index < -0.39 is 40.3 Å². The Bertz CT molecular complexity index is 1940. The van der Waals surface area contributed by atoms with Gasteiger partial charge in [-0.3, -0.25) is 9.59 Å². The van der Waals surface area contributed by atoms with Gasteiger partial charge in [-0.15, -0.1) is 0 Å². The maximum atomic E-state index is 13.3. The fourth-order valence-electron chi connectivity index (χ4n) is 5.31. The summed E-state index contributed by atoms with van der Waals surface area (Å²) in [6, 6.07) is 20.2. The minimum Gasteiger partial charge on any atom is -0.507 e. The molecule has 4 N–H and O–H groups in total. The van der Waals surface area contributed by atoms with Gasteiger partial charge in [-0.2, -0.15) is 0 Å². The second-order valence-corrected chi connectivity index (χ2v) is 10.8. The molecule has 0 aliphatic carbocycles. The van der Waals surface area contributed by atoms with Gasteiger partial charge in [0, 0.05) is 23.1 Å². The van der Waals surface area contributed by atoms with Gasteiger partial charge in [0.05, 0.1) is 6.42 Å². The van der Waals surface area contributed by atoms with Gasteiger partial charge in [-0.25, -0.2) is 0 Å². The molecule has 9 nitrogen and oxygen atoms in total. The summed E-state index contributed by atoms with van der Waals surface area (Å²) in [4.78, 5) is 26.0. The third-order valence-electron chi connectivity index (χ3n) is 7.62. The number of phenols is 3. The normalized spacial score (nSPS) is 14.5. The highest BCUT2D eigenvalue weighted by atomic mass is 16.5. The van der Waals surface area contributed by atoms with Crippen LogP contribution < -0.4 is 14.9 Å². The van der Waals surface area contributed by atoms with E-state index in [9.17, 15) is 30.0 Å². The number of benzene rings is 4. The molecule has 1 aliphatic heterocycles. The number of esters is 1. The van der Waals surface area contributed by atoms with E-state index in [1.807, 2.05) is 18.2 Å². The molecule has 1 aliphatic rings. The second-order valence-electron chi connectivity index (χ2n) is 10.8. The van der Waals surface area contributed by atoms with Crippen molar-refractivity contribution in [1.82, 2.24) is 0 Å². The summed E-state index contributed by atoms with van der Waals surface area (Å²) < 4.78 is 17.6. The largest absolute Gasteiger partial charge is 0.507 e. The zero-order chi connectivity index (χ0) is 30.4. The van der Waals surface area contributed by atoms with Crippen molar-refractivity contribution in [1.29, 1.82) is 0 Å². The summed E-state index contributed by atoms with van der Waals surface area (Å²) in [5, 5.41) is 40.9. The fourth-order valence-corrected chi connectivity index (χ4v) is 5.31. The lowest BCUT2D eigenvalue weighted by Crippen LogP contribution is -2.22. The van der Waals surface area contributed by atoms with Crippen LogP contribution in [0.25, 0.3) is 22.3 Å². The number of fused-ring (bicyclic) bond motifs is 3. The molecule has 43 heavy (non-hydrogen) atoms. The number of carbonyl (C=O) groups excluding carboxylic acids is 1. The third kappa shape index (κ3) is 5.10. The second kappa shape index (κ2) is 10.8. The van der Waals surface area contributed by atoms with E-state index in [4.69, 9.17) is 13.9 Å². The lowest BCUT2D eigenvalue weighted by Gasteiger charge is -2.26. The van der Waals surface area contributed by atoms with Gasteiger partial charge < -0.3 is 34.3 Å². The quantitative estimate of drug-likeness (QED) is 0.101. The summed E-state index contributed by atoms with van der Waals surface area (Å²) in [5.74, 6) is -2.71. The first-order chi connectivity index (χ1) is 20.6. The molecule has 5 aromatic rings. The van der Waals surface area contributed by atoms with Crippen LogP contribution in [0.1, 0.15) is 54.4 Å². The topological polar surface area (TPSA) is 147 Å². The van der Waals surface area contributed by atoms with Crippen molar-refractivity contribution in [3.8, 4) is 45.8 Å². The molecule has 1 atom stereocenters. The molecule has 0 fully saturated rings. The Morgan fingerprint density at radius 1 is 0.884 bits per heavy atom. The number of carbonyl (C=O) groups is 1. The number of hydrogen-bond acceptors (Lipinski definition) is 9. The average Bonchev–Trinajstić information content (AvgIpc) is 2.99. The van der Waals surface area contributed by atoms with E-state index in [2.05, 4.69) is 26.0 Å². The van der Waals surface area contributed by atoms with Crippen LogP contribution in [0.15, 0.2) is 82.0 Å². The van der Waals surface area contributed by atoms with Gasteiger partial charge in [0.25, 0.3) is 0 Å². The number of phenolic OH excluding ortho intramolecular Hbond substituents is 3. The molecule has 1 aromatic heterocycles. The predicted molar refractivity (Wildman–Crippen MR) is 158 cm³/mol. The van der Waals surface area contributed by atoms with Gasteiger partial charge in [0.15, 0.2) is 17.3 Å². The van der Waals surface area contributed by atoms with Crippen LogP contribution in [0.4, 0.5) is 0 Å². The van der Waals surface area contributed by atoms with Gasteiger partial charge in [0.2, 0.25) is 11.2 Å². The molecule has 218 valence electrons. The Hall–Kier alpha value is -5.44. The summed E-state index contributed by atoms with van der Waals surface area (Å²) in [6.07, 6.45) is -0.0904. The number of rotatable bonds is 6. The van der Waals surface area contributed by atoms with E-state index in [0.717, 1.165) is 17.7 Å². The molecule has 2 heterocycles. The van der Waals surface area contributed by atoms with Gasteiger partial charge in [-0.05, 0) is 52.9 Å². The van der Waals surface area contributed by atoms with Crippen LogP contribution in [-0.4, -0.2) is 26.4 Å². The van der Waals surface area contributed by atoms with Crippen LogP contribution in [0.2, 0.25) is 0 Å². The summed E-state index contributed by atoms with van der Waals surface area (Å²) >= 11 is 0. The lowest BCUT2D eigenvalue weighted by atomic mass is 9.85. The highest BCUT2D eigenvalue weighted by Gasteiger charge is 2.34. The van der Waals surface area contributed by atoms with E-state index in [-0.39, 0.29) is 34.5 Å². The highest BCUT2D eigenvalue weighted by molar-refractivity contribution is 5.94. The predicted octanol–water partition coefficient (Wildman–Crippen LogP) is 6.43. The molecule has 0 spiro atoms. The van der Waals surface area contributed by atoms with Crippen LogP contribution in [0.3, 0.4) is 0 Å².